The largest absolute Gasteiger partial charge is 0.319 e. The Kier molecular flexibility index (Phi) is 6.16. The Morgan fingerprint density at radius 1 is 0.938 bits per heavy atom. The molecule has 1 amide bonds. The summed E-state index contributed by atoms with van der Waals surface area (Å²) in [7, 11) is -4.16. The van der Waals surface area contributed by atoms with Crippen LogP contribution in [-0.2, 0) is 10.0 Å². The molecule has 0 spiro atoms. The lowest BCUT2D eigenvalue weighted by molar-refractivity contribution is -0.385. The third kappa shape index (κ3) is 4.86. The molecule has 0 atom stereocenters. The van der Waals surface area contributed by atoms with E-state index in [0.29, 0.717) is 11.6 Å². The van der Waals surface area contributed by atoms with Crippen LogP contribution in [0.15, 0.2) is 59.5 Å². The Bertz CT molecular complexity index is 1330. The zero-order valence-electron chi connectivity index (χ0n) is 16.2. The third-order valence-corrected chi connectivity index (χ3v) is 5.72. The van der Waals surface area contributed by atoms with Crippen LogP contribution in [0.2, 0.25) is 0 Å². The van der Waals surface area contributed by atoms with Crippen LogP contribution in [-0.4, -0.2) is 19.2 Å². The lowest BCUT2D eigenvalue weighted by atomic mass is 10.2. The summed E-state index contributed by atoms with van der Waals surface area (Å²) in [6.45, 7) is 1.47. The molecule has 8 nitrogen and oxygen atoms in total. The minimum Gasteiger partial charge on any atom is -0.319 e. The Hall–Kier alpha value is -3.93. The molecule has 0 fully saturated rings. The number of nitrogens with one attached hydrogen (secondary N) is 2. The molecule has 0 aromatic heterocycles. The van der Waals surface area contributed by atoms with Crippen molar-refractivity contribution in [1.82, 2.24) is 0 Å². The van der Waals surface area contributed by atoms with Crippen LogP contribution >= 0.6 is 0 Å². The van der Waals surface area contributed by atoms with Crippen molar-refractivity contribution in [2.75, 3.05) is 10.0 Å². The van der Waals surface area contributed by atoms with Gasteiger partial charge in [-0.25, -0.2) is 21.6 Å². The van der Waals surface area contributed by atoms with Gasteiger partial charge in [0.15, 0.2) is 11.6 Å². The van der Waals surface area contributed by atoms with Crippen molar-refractivity contribution in [2.45, 2.75) is 11.8 Å². The molecule has 0 unspecified atom stereocenters. The SMILES string of the molecule is Cc1ccc(S(=O)(=O)Nc2ccc(C(=O)Nc3cc(F)c(F)cc3F)cc2)cc1[N+](=O)[O-]. The number of sulfonamides is 1. The Morgan fingerprint density at radius 3 is 2.19 bits per heavy atom. The van der Waals surface area contributed by atoms with Gasteiger partial charge in [0.25, 0.3) is 21.6 Å². The number of rotatable bonds is 6. The summed E-state index contributed by atoms with van der Waals surface area (Å²) in [5, 5.41) is 13.1. The lowest BCUT2D eigenvalue weighted by Crippen LogP contribution is -2.15. The first-order valence-electron chi connectivity index (χ1n) is 8.82. The van der Waals surface area contributed by atoms with E-state index in [1.165, 1.54) is 43.3 Å². The van der Waals surface area contributed by atoms with Crippen molar-refractivity contribution >= 4 is 33.0 Å². The summed E-state index contributed by atoms with van der Waals surface area (Å²) >= 11 is 0. The van der Waals surface area contributed by atoms with Gasteiger partial charge in [0.2, 0.25) is 0 Å². The average molecular weight is 465 g/mol. The fourth-order valence-electron chi connectivity index (χ4n) is 2.67. The van der Waals surface area contributed by atoms with Gasteiger partial charge < -0.3 is 5.32 Å². The lowest BCUT2D eigenvalue weighted by Gasteiger charge is -2.10. The molecule has 0 aliphatic heterocycles. The van der Waals surface area contributed by atoms with Crippen LogP contribution in [0, 0.1) is 34.5 Å². The third-order valence-electron chi connectivity index (χ3n) is 4.35. The molecule has 0 heterocycles. The maximum absolute atomic E-state index is 13.7. The van der Waals surface area contributed by atoms with Gasteiger partial charge in [-0.2, -0.15) is 0 Å². The molecule has 0 bridgehead atoms. The minimum atomic E-state index is -4.16. The number of anilines is 2. The zero-order valence-corrected chi connectivity index (χ0v) is 17.0. The molecule has 3 aromatic rings. The number of nitrogens with zero attached hydrogens (tertiary/aromatic N) is 1. The Balaban J connectivity index is 1.77. The number of carbonyl (C=O) groups is 1. The van der Waals surface area contributed by atoms with Gasteiger partial charge in [0.05, 0.1) is 15.5 Å². The quantitative estimate of drug-likeness (QED) is 0.318. The maximum Gasteiger partial charge on any atom is 0.273 e. The van der Waals surface area contributed by atoms with E-state index in [0.717, 1.165) is 6.07 Å². The number of halogens is 3. The van der Waals surface area contributed by atoms with Crippen molar-refractivity contribution in [2.24, 2.45) is 0 Å². The van der Waals surface area contributed by atoms with Crippen molar-refractivity contribution < 1.29 is 31.3 Å². The topological polar surface area (TPSA) is 118 Å². The molecule has 2 N–H and O–H groups in total. The van der Waals surface area contributed by atoms with Gasteiger partial charge in [0.1, 0.15) is 5.82 Å². The Morgan fingerprint density at radius 2 is 1.56 bits per heavy atom. The van der Waals surface area contributed by atoms with Crippen LogP contribution in [0.3, 0.4) is 0 Å². The number of hydrogen-bond donors (Lipinski definition) is 2. The van der Waals surface area contributed by atoms with Crippen LogP contribution in [0.5, 0.6) is 0 Å². The van der Waals surface area contributed by atoms with E-state index >= 15 is 0 Å². The van der Waals surface area contributed by atoms with E-state index in [1.807, 2.05) is 0 Å². The first kappa shape index (κ1) is 22.7. The molecule has 0 saturated carbocycles. The fourth-order valence-corrected chi connectivity index (χ4v) is 3.75. The van der Waals surface area contributed by atoms with E-state index in [4.69, 9.17) is 0 Å². The van der Waals surface area contributed by atoms with Gasteiger partial charge >= 0.3 is 0 Å². The minimum absolute atomic E-state index is 0.0249. The fraction of sp³-hybridized carbons (Fsp3) is 0.0500. The summed E-state index contributed by atoms with van der Waals surface area (Å²) in [6.07, 6.45) is 0. The highest BCUT2D eigenvalue weighted by atomic mass is 32.2. The van der Waals surface area contributed by atoms with Crippen LogP contribution in [0.4, 0.5) is 30.2 Å². The summed E-state index contributed by atoms with van der Waals surface area (Å²) in [4.78, 5) is 22.2. The molecule has 3 aromatic carbocycles. The van der Waals surface area contributed by atoms with E-state index in [9.17, 15) is 36.5 Å². The number of nitro groups is 1. The highest BCUT2D eigenvalue weighted by Crippen LogP contribution is 2.24. The molecule has 0 saturated heterocycles. The number of aryl methyl sites for hydroxylation is 1. The summed E-state index contributed by atoms with van der Waals surface area (Å²) < 4.78 is 67.2. The number of benzene rings is 3. The van der Waals surface area contributed by atoms with E-state index in [2.05, 4.69) is 10.0 Å². The summed E-state index contributed by atoms with van der Waals surface area (Å²) in [5.41, 5.74) is -0.613. The van der Waals surface area contributed by atoms with Crippen LogP contribution < -0.4 is 10.0 Å². The monoisotopic (exact) mass is 465 g/mol. The molecule has 3 rings (SSSR count). The number of carbonyl (C=O) groups excluding carboxylic acids is 1. The van der Waals surface area contributed by atoms with E-state index in [-0.39, 0.29) is 27.9 Å². The van der Waals surface area contributed by atoms with Gasteiger partial charge in [-0.1, -0.05) is 6.07 Å². The van der Waals surface area contributed by atoms with Crippen molar-refractivity contribution in [3.63, 3.8) is 0 Å². The molecule has 12 heteroatoms. The summed E-state index contributed by atoms with van der Waals surface area (Å²) in [5.74, 6) is -4.77. The van der Waals surface area contributed by atoms with Crippen LogP contribution in [0.25, 0.3) is 0 Å². The van der Waals surface area contributed by atoms with Crippen LogP contribution in [0.1, 0.15) is 15.9 Å². The van der Waals surface area contributed by atoms with E-state index in [1.54, 1.807) is 0 Å². The van der Waals surface area contributed by atoms with Crippen molar-refractivity contribution in [3.8, 4) is 0 Å². The highest BCUT2D eigenvalue weighted by molar-refractivity contribution is 7.92. The predicted molar refractivity (Wildman–Crippen MR) is 109 cm³/mol. The van der Waals surface area contributed by atoms with Crippen molar-refractivity contribution in [3.05, 3.63) is 93.3 Å². The molecule has 166 valence electrons. The maximum atomic E-state index is 13.7. The average Bonchev–Trinajstić information content (AvgIpc) is 2.72. The number of nitro benzene ring substituents is 1. The molecule has 0 aliphatic carbocycles. The van der Waals surface area contributed by atoms with Crippen molar-refractivity contribution in [1.29, 1.82) is 0 Å². The molecule has 0 radical (unpaired) electrons. The molecular formula is C20H14F3N3O5S. The van der Waals surface area contributed by atoms with E-state index < -0.39 is 44.0 Å². The Labute approximate surface area is 179 Å². The van der Waals surface area contributed by atoms with Gasteiger partial charge in [-0.05, 0) is 37.3 Å². The number of amides is 1. The molecule has 0 aliphatic rings. The van der Waals surface area contributed by atoms with Gasteiger partial charge in [-0.3, -0.25) is 19.6 Å². The normalized spacial score (nSPS) is 11.1. The second kappa shape index (κ2) is 8.67. The van der Waals surface area contributed by atoms with Gasteiger partial charge in [-0.15, -0.1) is 0 Å². The first-order chi connectivity index (χ1) is 15.0. The smallest absolute Gasteiger partial charge is 0.273 e. The number of hydrogen-bond acceptors (Lipinski definition) is 5. The zero-order chi connectivity index (χ0) is 23.6. The first-order valence-corrected chi connectivity index (χ1v) is 10.3. The standard InChI is InChI=1S/C20H14F3N3O5S/c1-11-2-7-14(8-19(11)26(28)29)32(30,31)25-13-5-3-12(4-6-13)20(27)24-18-10-16(22)15(21)9-17(18)23/h2-10,25H,1H3,(H,24,27). The molecular weight excluding hydrogens is 451 g/mol. The highest BCUT2D eigenvalue weighted by Gasteiger charge is 2.20. The predicted octanol–water partition coefficient (Wildman–Crippen LogP) is 4.37. The molecule has 32 heavy (non-hydrogen) atoms. The second-order valence-electron chi connectivity index (χ2n) is 6.59. The van der Waals surface area contributed by atoms with Gasteiger partial charge in [0, 0.05) is 35.0 Å². The second-order valence-corrected chi connectivity index (χ2v) is 8.27. The summed E-state index contributed by atoms with van der Waals surface area (Å²) in [6, 6.07) is 9.11.